The summed E-state index contributed by atoms with van der Waals surface area (Å²) in [4.78, 5) is 4.15. The molecule has 1 fully saturated rings. The Balaban J connectivity index is 2.28. The summed E-state index contributed by atoms with van der Waals surface area (Å²) in [7, 11) is 0. The summed E-state index contributed by atoms with van der Waals surface area (Å²) in [5, 5.41) is 0. The SMILES string of the molecule is Cc1ccncc1C1CCC1. The van der Waals surface area contributed by atoms with E-state index in [9.17, 15) is 0 Å². The van der Waals surface area contributed by atoms with E-state index >= 15 is 0 Å². The molecule has 0 saturated heterocycles. The average Bonchev–Trinajstić information content (AvgIpc) is 1.90. The second-order valence-corrected chi connectivity index (χ2v) is 3.36. The van der Waals surface area contributed by atoms with Gasteiger partial charge < -0.3 is 0 Å². The molecule has 1 aromatic heterocycles. The Hall–Kier alpha value is -0.850. The number of hydrogen-bond donors (Lipinski definition) is 0. The van der Waals surface area contributed by atoms with Crippen molar-refractivity contribution >= 4 is 0 Å². The molecule has 1 heterocycles. The Morgan fingerprint density at radius 1 is 1.45 bits per heavy atom. The lowest BCUT2D eigenvalue weighted by Gasteiger charge is -2.26. The molecule has 0 unspecified atom stereocenters. The maximum atomic E-state index is 4.15. The third-order valence-corrected chi connectivity index (χ3v) is 2.62. The predicted molar refractivity (Wildman–Crippen MR) is 45.6 cm³/mol. The van der Waals surface area contributed by atoms with E-state index in [4.69, 9.17) is 0 Å². The molecule has 1 aromatic rings. The van der Waals surface area contributed by atoms with Crippen LogP contribution in [0.5, 0.6) is 0 Å². The average molecular weight is 147 g/mol. The lowest BCUT2D eigenvalue weighted by Crippen LogP contribution is -2.10. The summed E-state index contributed by atoms with van der Waals surface area (Å²) < 4.78 is 0. The molecule has 1 saturated carbocycles. The maximum Gasteiger partial charge on any atom is 0.0305 e. The topological polar surface area (TPSA) is 12.9 Å². The minimum absolute atomic E-state index is 0.823. The molecule has 1 nitrogen and oxygen atoms in total. The van der Waals surface area contributed by atoms with Crippen molar-refractivity contribution in [1.82, 2.24) is 4.98 Å². The van der Waals surface area contributed by atoms with Gasteiger partial charge in [-0.1, -0.05) is 6.42 Å². The third-order valence-electron chi connectivity index (χ3n) is 2.62. The lowest BCUT2D eigenvalue weighted by molar-refractivity contribution is 0.417. The highest BCUT2D eigenvalue weighted by Crippen LogP contribution is 2.37. The molecular weight excluding hydrogens is 134 g/mol. The van der Waals surface area contributed by atoms with Gasteiger partial charge in [0, 0.05) is 12.4 Å². The fourth-order valence-corrected chi connectivity index (χ4v) is 1.62. The van der Waals surface area contributed by atoms with Crippen molar-refractivity contribution in [2.75, 3.05) is 0 Å². The Morgan fingerprint density at radius 2 is 2.27 bits per heavy atom. The van der Waals surface area contributed by atoms with E-state index in [0.717, 1.165) is 5.92 Å². The van der Waals surface area contributed by atoms with Gasteiger partial charge in [-0.05, 0) is 42.9 Å². The van der Waals surface area contributed by atoms with E-state index in [-0.39, 0.29) is 0 Å². The Kier molecular flexibility index (Phi) is 1.65. The van der Waals surface area contributed by atoms with Gasteiger partial charge in [0.25, 0.3) is 0 Å². The fraction of sp³-hybridized carbons (Fsp3) is 0.500. The van der Waals surface area contributed by atoms with Crippen LogP contribution in [-0.4, -0.2) is 4.98 Å². The molecule has 0 aliphatic heterocycles. The second kappa shape index (κ2) is 2.65. The summed E-state index contributed by atoms with van der Waals surface area (Å²) in [5.41, 5.74) is 2.88. The highest BCUT2D eigenvalue weighted by molar-refractivity contribution is 5.26. The molecule has 2 rings (SSSR count). The Morgan fingerprint density at radius 3 is 2.82 bits per heavy atom. The van der Waals surface area contributed by atoms with Crippen LogP contribution in [0.4, 0.5) is 0 Å². The molecule has 0 radical (unpaired) electrons. The lowest BCUT2D eigenvalue weighted by atomic mass is 9.79. The van der Waals surface area contributed by atoms with E-state index in [1.54, 1.807) is 0 Å². The van der Waals surface area contributed by atoms with Gasteiger partial charge in [-0.3, -0.25) is 4.98 Å². The van der Waals surface area contributed by atoms with Gasteiger partial charge in [-0.2, -0.15) is 0 Å². The smallest absolute Gasteiger partial charge is 0.0305 e. The van der Waals surface area contributed by atoms with Gasteiger partial charge in [0.05, 0.1) is 0 Å². The highest BCUT2D eigenvalue weighted by atomic mass is 14.6. The summed E-state index contributed by atoms with van der Waals surface area (Å²) in [6, 6.07) is 2.10. The quantitative estimate of drug-likeness (QED) is 0.595. The van der Waals surface area contributed by atoms with Gasteiger partial charge >= 0.3 is 0 Å². The molecule has 0 amide bonds. The Labute approximate surface area is 67.5 Å². The van der Waals surface area contributed by atoms with E-state index < -0.39 is 0 Å². The number of aryl methyl sites for hydroxylation is 1. The first-order valence-corrected chi connectivity index (χ1v) is 4.28. The highest BCUT2D eigenvalue weighted by Gasteiger charge is 2.20. The molecule has 0 spiro atoms. The number of hydrogen-bond acceptors (Lipinski definition) is 1. The van der Waals surface area contributed by atoms with Crippen LogP contribution < -0.4 is 0 Å². The van der Waals surface area contributed by atoms with Crippen molar-refractivity contribution in [2.24, 2.45) is 0 Å². The van der Waals surface area contributed by atoms with Crippen LogP contribution in [0.25, 0.3) is 0 Å². The molecule has 0 atom stereocenters. The van der Waals surface area contributed by atoms with Crippen LogP contribution in [0.2, 0.25) is 0 Å². The number of rotatable bonds is 1. The van der Waals surface area contributed by atoms with Crippen LogP contribution in [0.15, 0.2) is 18.5 Å². The fourth-order valence-electron chi connectivity index (χ4n) is 1.62. The van der Waals surface area contributed by atoms with Crippen LogP contribution in [0.3, 0.4) is 0 Å². The summed E-state index contributed by atoms with van der Waals surface area (Å²) in [6.45, 7) is 2.18. The first kappa shape index (κ1) is 6.84. The number of pyridine rings is 1. The Bertz CT molecular complexity index is 251. The third kappa shape index (κ3) is 1.15. The van der Waals surface area contributed by atoms with Gasteiger partial charge in [-0.15, -0.1) is 0 Å². The summed E-state index contributed by atoms with van der Waals surface area (Å²) in [6.07, 6.45) is 8.04. The van der Waals surface area contributed by atoms with Crippen LogP contribution in [-0.2, 0) is 0 Å². The number of nitrogens with zero attached hydrogens (tertiary/aromatic N) is 1. The maximum absolute atomic E-state index is 4.15. The largest absolute Gasteiger partial charge is 0.264 e. The summed E-state index contributed by atoms with van der Waals surface area (Å²) >= 11 is 0. The van der Waals surface area contributed by atoms with Gasteiger partial charge in [0.15, 0.2) is 0 Å². The van der Waals surface area contributed by atoms with E-state index in [1.165, 1.54) is 30.4 Å². The molecule has 0 N–H and O–H groups in total. The summed E-state index contributed by atoms with van der Waals surface area (Å²) in [5.74, 6) is 0.823. The van der Waals surface area contributed by atoms with Crippen LogP contribution >= 0.6 is 0 Å². The predicted octanol–water partition coefficient (Wildman–Crippen LogP) is 2.66. The van der Waals surface area contributed by atoms with Crippen molar-refractivity contribution in [3.63, 3.8) is 0 Å². The molecule has 58 valence electrons. The van der Waals surface area contributed by atoms with Crippen molar-refractivity contribution in [3.8, 4) is 0 Å². The standard InChI is InChI=1S/C10H13N/c1-8-5-6-11-7-10(8)9-3-2-4-9/h5-7,9H,2-4H2,1H3. The van der Waals surface area contributed by atoms with Crippen molar-refractivity contribution in [3.05, 3.63) is 29.6 Å². The zero-order valence-corrected chi connectivity index (χ0v) is 6.88. The van der Waals surface area contributed by atoms with Gasteiger partial charge in [-0.25, -0.2) is 0 Å². The van der Waals surface area contributed by atoms with Crippen molar-refractivity contribution in [2.45, 2.75) is 32.1 Å². The van der Waals surface area contributed by atoms with E-state index in [0.29, 0.717) is 0 Å². The molecular formula is C10H13N. The zero-order valence-electron chi connectivity index (χ0n) is 6.88. The molecule has 11 heavy (non-hydrogen) atoms. The normalized spacial score (nSPS) is 17.9. The minimum atomic E-state index is 0.823. The van der Waals surface area contributed by atoms with E-state index in [1.807, 2.05) is 12.4 Å². The first-order valence-electron chi connectivity index (χ1n) is 4.28. The molecule has 0 aromatic carbocycles. The molecule has 0 bridgehead atoms. The monoisotopic (exact) mass is 147 g/mol. The van der Waals surface area contributed by atoms with Gasteiger partial charge in [0.2, 0.25) is 0 Å². The molecule has 1 heteroatoms. The zero-order chi connectivity index (χ0) is 7.68. The van der Waals surface area contributed by atoms with Gasteiger partial charge in [0.1, 0.15) is 0 Å². The molecule has 1 aliphatic rings. The van der Waals surface area contributed by atoms with Crippen molar-refractivity contribution in [1.29, 1.82) is 0 Å². The minimum Gasteiger partial charge on any atom is -0.264 e. The first-order chi connectivity index (χ1) is 5.38. The van der Waals surface area contributed by atoms with Crippen molar-refractivity contribution < 1.29 is 0 Å². The molecule has 1 aliphatic carbocycles. The number of aromatic nitrogens is 1. The van der Waals surface area contributed by atoms with E-state index in [2.05, 4.69) is 18.0 Å². The van der Waals surface area contributed by atoms with Crippen LogP contribution in [0.1, 0.15) is 36.3 Å². The van der Waals surface area contributed by atoms with Crippen LogP contribution in [0, 0.1) is 6.92 Å². The second-order valence-electron chi connectivity index (χ2n) is 3.36.